The number of ether oxygens (including phenoxy) is 1. The fourth-order valence-electron chi connectivity index (χ4n) is 4.53. The fraction of sp³-hybridized carbons (Fsp3) is 0.259. The molecule has 1 aromatic heterocycles. The molecular weight excluding hydrogens is 446 g/mol. The topological polar surface area (TPSA) is 86.5 Å². The van der Waals surface area contributed by atoms with E-state index in [4.69, 9.17) is 9.15 Å². The molecule has 8 heteroatoms. The van der Waals surface area contributed by atoms with Gasteiger partial charge in [0.1, 0.15) is 35.7 Å². The first-order chi connectivity index (χ1) is 16.8. The molecule has 2 aliphatic rings. The van der Waals surface area contributed by atoms with Crippen LogP contribution in [0.3, 0.4) is 0 Å². The van der Waals surface area contributed by atoms with E-state index < -0.39 is 17.7 Å². The number of Topliss-reactive ketones (excluding diaryl/α,β-unsaturated/α-hetero) is 1. The molecule has 35 heavy (non-hydrogen) atoms. The smallest absolute Gasteiger partial charge is 0.300 e. The van der Waals surface area contributed by atoms with Gasteiger partial charge in [-0.25, -0.2) is 0 Å². The third-order valence-electron chi connectivity index (χ3n) is 6.45. The number of aliphatic hydroxyl groups is 1. The number of ketones is 1. The monoisotopic (exact) mass is 473 g/mol. The van der Waals surface area contributed by atoms with E-state index in [0.717, 1.165) is 11.4 Å². The number of carbonyl (C=O) groups is 2. The molecular formula is C27H27N3O5. The van der Waals surface area contributed by atoms with Crippen LogP contribution in [0.1, 0.15) is 23.1 Å². The summed E-state index contributed by atoms with van der Waals surface area (Å²) >= 11 is 0. The van der Waals surface area contributed by atoms with Gasteiger partial charge in [0, 0.05) is 38.1 Å². The number of likely N-dealkylation sites (N-methyl/N-ethyl adjacent to an activating group) is 1. The molecule has 0 saturated carbocycles. The summed E-state index contributed by atoms with van der Waals surface area (Å²) in [7, 11) is 5.79. The third-order valence-corrected chi connectivity index (χ3v) is 6.45. The number of benzene rings is 2. The second-order valence-corrected chi connectivity index (χ2v) is 8.98. The highest BCUT2D eigenvalue weighted by atomic mass is 16.5. The van der Waals surface area contributed by atoms with Crippen LogP contribution in [0.4, 0.5) is 17.1 Å². The van der Waals surface area contributed by atoms with Crippen LogP contribution in [0.5, 0.6) is 5.75 Å². The minimum Gasteiger partial charge on any atom is -0.507 e. The molecule has 180 valence electrons. The van der Waals surface area contributed by atoms with Crippen molar-refractivity contribution in [2.45, 2.75) is 13.0 Å². The van der Waals surface area contributed by atoms with Crippen LogP contribution in [0, 0.1) is 6.92 Å². The second kappa shape index (κ2) is 8.54. The van der Waals surface area contributed by atoms with Gasteiger partial charge in [-0.15, -0.1) is 0 Å². The number of fused-ring (bicyclic) bond motifs is 1. The van der Waals surface area contributed by atoms with Gasteiger partial charge < -0.3 is 24.1 Å². The van der Waals surface area contributed by atoms with Gasteiger partial charge in [0.2, 0.25) is 0 Å². The van der Waals surface area contributed by atoms with Crippen LogP contribution >= 0.6 is 0 Å². The Balaban J connectivity index is 1.66. The summed E-state index contributed by atoms with van der Waals surface area (Å²) in [6.07, 6.45) is 0. The SMILES string of the molecule is Cc1ccc(C2/C(=C(/O)c3ccc4c(c3)N(C)CCO4)C(=O)C(=O)N2c2ccc(N(C)C)cc2)o1. The van der Waals surface area contributed by atoms with Gasteiger partial charge in [-0.2, -0.15) is 0 Å². The number of anilines is 3. The molecule has 1 amide bonds. The first-order valence-corrected chi connectivity index (χ1v) is 11.4. The van der Waals surface area contributed by atoms with Crippen LogP contribution in [-0.2, 0) is 9.59 Å². The van der Waals surface area contributed by atoms with Crippen molar-refractivity contribution in [1.82, 2.24) is 0 Å². The quantitative estimate of drug-likeness (QED) is 0.347. The predicted octanol–water partition coefficient (Wildman–Crippen LogP) is 4.11. The minimum atomic E-state index is -0.904. The van der Waals surface area contributed by atoms with Crippen molar-refractivity contribution in [3.63, 3.8) is 0 Å². The maximum Gasteiger partial charge on any atom is 0.300 e. The lowest BCUT2D eigenvalue weighted by Gasteiger charge is -2.28. The number of hydrogen-bond acceptors (Lipinski definition) is 7. The first-order valence-electron chi connectivity index (χ1n) is 11.4. The lowest BCUT2D eigenvalue weighted by molar-refractivity contribution is -0.132. The van der Waals surface area contributed by atoms with E-state index in [1.54, 1.807) is 49.4 Å². The molecule has 0 radical (unpaired) electrons. The lowest BCUT2D eigenvalue weighted by Crippen LogP contribution is -2.29. The van der Waals surface area contributed by atoms with Crippen LogP contribution < -0.4 is 19.4 Å². The molecule has 1 fully saturated rings. The zero-order valence-electron chi connectivity index (χ0n) is 20.1. The normalized spacial score (nSPS) is 19.0. The highest BCUT2D eigenvalue weighted by Gasteiger charge is 2.48. The van der Waals surface area contributed by atoms with Gasteiger partial charge in [-0.05, 0) is 61.5 Å². The van der Waals surface area contributed by atoms with Crippen LogP contribution in [0.15, 0.2) is 64.6 Å². The zero-order chi connectivity index (χ0) is 24.9. The maximum absolute atomic E-state index is 13.3. The van der Waals surface area contributed by atoms with Crippen molar-refractivity contribution in [3.8, 4) is 5.75 Å². The minimum absolute atomic E-state index is 0.0135. The summed E-state index contributed by atoms with van der Waals surface area (Å²) in [5.41, 5.74) is 2.71. The van der Waals surface area contributed by atoms with Crippen LogP contribution in [-0.4, -0.2) is 51.1 Å². The summed E-state index contributed by atoms with van der Waals surface area (Å²) in [5, 5.41) is 11.4. The summed E-state index contributed by atoms with van der Waals surface area (Å²) in [6, 6.07) is 15.1. The summed E-state index contributed by atoms with van der Waals surface area (Å²) in [4.78, 5) is 32.0. The number of furan rings is 1. The number of nitrogens with zero attached hydrogens (tertiary/aromatic N) is 3. The number of hydrogen-bond donors (Lipinski definition) is 1. The van der Waals surface area contributed by atoms with Crippen LogP contribution in [0.2, 0.25) is 0 Å². The average Bonchev–Trinajstić information content (AvgIpc) is 3.39. The molecule has 3 aromatic rings. The molecule has 8 nitrogen and oxygen atoms in total. The Labute approximate surface area is 203 Å². The van der Waals surface area contributed by atoms with Gasteiger partial charge in [0.05, 0.1) is 17.8 Å². The van der Waals surface area contributed by atoms with Crippen LogP contribution in [0.25, 0.3) is 5.76 Å². The Hall–Kier alpha value is -4.20. The third kappa shape index (κ3) is 3.80. The Bertz CT molecular complexity index is 1340. The molecule has 0 spiro atoms. The second-order valence-electron chi connectivity index (χ2n) is 8.98. The van der Waals surface area contributed by atoms with E-state index in [-0.39, 0.29) is 11.3 Å². The van der Waals surface area contributed by atoms with E-state index in [1.165, 1.54) is 4.90 Å². The summed E-state index contributed by atoms with van der Waals surface area (Å²) in [6.45, 7) is 3.07. The highest BCUT2D eigenvalue weighted by molar-refractivity contribution is 6.51. The molecule has 1 atom stereocenters. The van der Waals surface area contributed by atoms with Crippen molar-refractivity contribution in [2.75, 3.05) is 49.0 Å². The zero-order valence-corrected chi connectivity index (χ0v) is 20.1. The average molecular weight is 474 g/mol. The molecule has 1 saturated heterocycles. The molecule has 0 bridgehead atoms. The Morgan fingerprint density at radius 2 is 1.80 bits per heavy atom. The fourth-order valence-corrected chi connectivity index (χ4v) is 4.53. The summed E-state index contributed by atoms with van der Waals surface area (Å²) in [5.74, 6) is 0.00755. The highest BCUT2D eigenvalue weighted by Crippen LogP contribution is 2.44. The lowest BCUT2D eigenvalue weighted by atomic mass is 9.98. The Morgan fingerprint density at radius 1 is 1.06 bits per heavy atom. The maximum atomic E-state index is 13.3. The number of amides is 1. The van der Waals surface area contributed by atoms with Gasteiger partial charge >= 0.3 is 0 Å². The van der Waals surface area contributed by atoms with Gasteiger partial charge in [0.25, 0.3) is 11.7 Å². The Morgan fingerprint density at radius 3 is 2.46 bits per heavy atom. The number of carbonyl (C=O) groups excluding carboxylic acids is 2. The van der Waals surface area contributed by atoms with Gasteiger partial charge in [-0.1, -0.05) is 0 Å². The number of aliphatic hydroxyl groups excluding tert-OH is 1. The first kappa shape index (κ1) is 22.6. The summed E-state index contributed by atoms with van der Waals surface area (Å²) < 4.78 is 11.6. The number of rotatable bonds is 4. The molecule has 5 rings (SSSR count). The van der Waals surface area contributed by atoms with E-state index in [9.17, 15) is 14.7 Å². The van der Waals surface area contributed by atoms with Gasteiger partial charge in [0.15, 0.2) is 0 Å². The van der Waals surface area contributed by atoms with E-state index in [2.05, 4.69) is 0 Å². The standard InChI is InChI=1S/C27H27N3O5/c1-16-5-11-22(35-16)24-23(25(31)17-6-12-21-20(15-17)29(4)13-14-34-21)26(32)27(33)30(24)19-9-7-18(8-10-19)28(2)3/h5-12,15,24,31H,13-14H2,1-4H3/b25-23-. The van der Waals surface area contributed by atoms with Crippen molar-refractivity contribution in [3.05, 3.63) is 77.3 Å². The van der Waals surface area contributed by atoms with E-state index in [1.807, 2.05) is 43.1 Å². The molecule has 2 aliphatic heterocycles. The molecule has 0 aliphatic carbocycles. The van der Waals surface area contributed by atoms with E-state index >= 15 is 0 Å². The van der Waals surface area contributed by atoms with Crippen molar-refractivity contribution in [1.29, 1.82) is 0 Å². The predicted molar refractivity (Wildman–Crippen MR) is 134 cm³/mol. The Kier molecular flexibility index (Phi) is 5.51. The van der Waals surface area contributed by atoms with Gasteiger partial charge in [-0.3, -0.25) is 14.5 Å². The van der Waals surface area contributed by atoms with E-state index in [0.29, 0.717) is 41.7 Å². The molecule has 1 unspecified atom stereocenters. The van der Waals surface area contributed by atoms with Crippen molar-refractivity contribution < 1.29 is 23.8 Å². The largest absolute Gasteiger partial charge is 0.507 e. The van der Waals surface area contributed by atoms with Crippen molar-refractivity contribution in [2.24, 2.45) is 0 Å². The number of aryl methyl sites for hydroxylation is 1. The molecule has 1 N–H and O–H groups in total. The molecule has 3 heterocycles. The van der Waals surface area contributed by atoms with Crippen molar-refractivity contribution >= 4 is 34.5 Å². The molecule has 2 aromatic carbocycles.